The Bertz CT molecular complexity index is 696. The molecule has 0 radical (unpaired) electrons. The van der Waals surface area contributed by atoms with E-state index in [9.17, 15) is 13.6 Å². The minimum atomic E-state index is -2.76. The first-order chi connectivity index (χ1) is 9.37. The third-order valence-corrected chi connectivity index (χ3v) is 4.13. The zero-order valence-electron chi connectivity index (χ0n) is 10.9. The average molecular weight is 343 g/mol. The van der Waals surface area contributed by atoms with Crippen molar-refractivity contribution in [3.8, 4) is 0 Å². The summed E-state index contributed by atoms with van der Waals surface area (Å²) in [6, 6.07) is 5.59. The van der Waals surface area contributed by atoms with Gasteiger partial charge in [0.25, 0.3) is 11.8 Å². The number of likely N-dealkylation sites (tertiary alicyclic amines) is 1. The summed E-state index contributed by atoms with van der Waals surface area (Å²) in [4.78, 5) is 13.6. The van der Waals surface area contributed by atoms with Crippen LogP contribution in [-0.2, 0) is 7.05 Å². The van der Waals surface area contributed by atoms with Crippen molar-refractivity contribution in [2.45, 2.75) is 12.3 Å². The molecule has 1 aliphatic rings. The number of benzene rings is 1. The van der Waals surface area contributed by atoms with Gasteiger partial charge < -0.3 is 9.47 Å². The lowest BCUT2D eigenvalue weighted by atomic mass is 10.1. The van der Waals surface area contributed by atoms with Crippen LogP contribution in [0.4, 0.5) is 8.78 Å². The molecule has 0 N–H and O–H groups in total. The highest BCUT2D eigenvalue weighted by molar-refractivity contribution is 9.10. The summed E-state index contributed by atoms with van der Waals surface area (Å²) in [7, 11) is 1.84. The summed E-state index contributed by atoms with van der Waals surface area (Å²) in [5.74, 6) is -3.08. The zero-order chi connectivity index (χ0) is 14.5. The maximum atomic E-state index is 13.2. The Balaban J connectivity index is 2.01. The van der Waals surface area contributed by atoms with Crippen LogP contribution in [0.2, 0.25) is 0 Å². The number of amides is 1. The summed E-state index contributed by atoms with van der Waals surface area (Å²) in [5, 5.41) is 0.788. The average Bonchev–Trinajstić information content (AvgIpc) is 2.90. The molecule has 0 unspecified atom stereocenters. The molecule has 0 saturated carbocycles. The number of fused-ring (bicyclic) bond motifs is 1. The molecule has 1 fully saturated rings. The van der Waals surface area contributed by atoms with Crippen LogP contribution in [0.3, 0.4) is 0 Å². The Labute approximate surface area is 123 Å². The lowest BCUT2D eigenvalue weighted by Crippen LogP contribution is -2.31. The van der Waals surface area contributed by atoms with Crippen LogP contribution in [0, 0.1) is 0 Å². The summed E-state index contributed by atoms with van der Waals surface area (Å²) in [5.41, 5.74) is 1.38. The van der Waals surface area contributed by atoms with Crippen LogP contribution in [0.1, 0.15) is 16.8 Å². The number of rotatable bonds is 1. The normalized spacial score (nSPS) is 17.9. The van der Waals surface area contributed by atoms with Gasteiger partial charge in [-0.1, -0.05) is 22.0 Å². The molecule has 1 aromatic carbocycles. The van der Waals surface area contributed by atoms with E-state index in [0.717, 1.165) is 15.4 Å². The predicted molar refractivity (Wildman–Crippen MR) is 76.1 cm³/mol. The number of hydrogen-bond donors (Lipinski definition) is 0. The van der Waals surface area contributed by atoms with Gasteiger partial charge in [0, 0.05) is 41.6 Å². The molecule has 1 saturated heterocycles. The van der Waals surface area contributed by atoms with Gasteiger partial charge in [-0.2, -0.15) is 0 Å². The van der Waals surface area contributed by atoms with E-state index in [1.165, 1.54) is 4.90 Å². The monoisotopic (exact) mass is 342 g/mol. The minimum Gasteiger partial charge on any atom is -0.350 e. The van der Waals surface area contributed by atoms with Gasteiger partial charge in [0.2, 0.25) is 0 Å². The molecule has 1 amide bonds. The van der Waals surface area contributed by atoms with Crippen LogP contribution >= 0.6 is 15.9 Å². The Hall–Kier alpha value is -1.43. The van der Waals surface area contributed by atoms with E-state index in [1.54, 1.807) is 6.20 Å². The van der Waals surface area contributed by atoms with Gasteiger partial charge in [-0.15, -0.1) is 0 Å². The number of aromatic nitrogens is 1. The smallest absolute Gasteiger partial charge is 0.267 e. The number of aryl methyl sites for hydroxylation is 1. The highest BCUT2D eigenvalue weighted by atomic mass is 79.9. The fourth-order valence-corrected chi connectivity index (χ4v) is 2.96. The molecule has 106 valence electrons. The van der Waals surface area contributed by atoms with Gasteiger partial charge in [-0.3, -0.25) is 4.79 Å². The molecule has 0 atom stereocenters. The van der Waals surface area contributed by atoms with Crippen LogP contribution in [-0.4, -0.2) is 34.4 Å². The van der Waals surface area contributed by atoms with Crippen molar-refractivity contribution in [3.05, 3.63) is 34.4 Å². The van der Waals surface area contributed by atoms with Crippen molar-refractivity contribution in [2.24, 2.45) is 7.05 Å². The number of alkyl halides is 2. The first kappa shape index (κ1) is 13.5. The molecule has 0 bridgehead atoms. The molecule has 3 nitrogen and oxygen atoms in total. The standard InChI is InChI=1S/C14H13BrF2N2O/c1-18-7-11(10-3-2-9(15)6-12(10)18)13(20)19-5-4-14(16,17)8-19/h2-3,6-7H,4-5,8H2,1H3. The second kappa shape index (κ2) is 4.55. The van der Waals surface area contributed by atoms with E-state index in [0.29, 0.717) is 5.56 Å². The molecule has 2 heterocycles. The van der Waals surface area contributed by atoms with Gasteiger partial charge in [-0.25, -0.2) is 8.78 Å². The summed E-state index contributed by atoms with van der Waals surface area (Å²) >= 11 is 3.39. The van der Waals surface area contributed by atoms with E-state index >= 15 is 0 Å². The van der Waals surface area contributed by atoms with Crippen molar-refractivity contribution in [1.82, 2.24) is 9.47 Å². The fraction of sp³-hybridized carbons (Fsp3) is 0.357. The summed E-state index contributed by atoms with van der Waals surface area (Å²) < 4.78 is 29.2. The molecular weight excluding hydrogens is 330 g/mol. The van der Waals surface area contributed by atoms with Crippen molar-refractivity contribution < 1.29 is 13.6 Å². The van der Waals surface area contributed by atoms with E-state index in [1.807, 2.05) is 29.8 Å². The lowest BCUT2D eigenvalue weighted by molar-refractivity contribution is 0.0120. The number of hydrogen-bond acceptors (Lipinski definition) is 1. The SMILES string of the molecule is Cn1cc(C(=O)N2CCC(F)(F)C2)c2ccc(Br)cc21. The second-order valence-electron chi connectivity index (χ2n) is 5.15. The van der Waals surface area contributed by atoms with Crippen molar-refractivity contribution >= 4 is 32.7 Å². The number of halogens is 3. The van der Waals surface area contributed by atoms with Crippen molar-refractivity contribution in [1.29, 1.82) is 0 Å². The molecule has 1 aliphatic heterocycles. The van der Waals surface area contributed by atoms with E-state index in [4.69, 9.17) is 0 Å². The highest BCUT2D eigenvalue weighted by Crippen LogP contribution is 2.30. The van der Waals surface area contributed by atoms with Crippen LogP contribution in [0.15, 0.2) is 28.9 Å². The van der Waals surface area contributed by atoms with Crippen LogP contribution in [0.5, 0.6) is 0 Å². The molecule has 0 spiro atoms. The quantitative estimate of drug-likeness (QED) is 0.779. The molecule has 2 aromatic rings. The summed E-state index contributed by atoms with van der Waals surface area (Å²) in [6.07, 6.45) is 1.45. The Morgan fingerprint density at radius 1 is 1.40 bits per heavy atom. The van der Waals surface area contributed by atoms with Gasteiger partial charge in [0.05, 0.1) is 12.1 Å². The molecule has 3 rings (SSSR count). The first-order valence-corrected chi connectivity index (χ1v) is 7.08. The lowest BCUT2D eigenvalue weighted by Gasteiger charge is -2.15. The van der Waals surface area contributed by atoms with Gasteiger partial charge in [-0.05, 0) is 12.1 Å². The Morgan fingerprint density at radius 3 is 2.80 bits per heavy atom. The van der Waals surface area contributed by atoms with Crippen molar-refractivity contribution in [3.63, 3.8) is 0 Å². The van der Waals surface area contributed by atoms with E-state index in [-0.39, 0.29) is 18.9 Å². The summed E-state index contributed by atoms with van der Waals surface area (Å²) in [6.45, 7) is -0.377. The molecular formula is C14H13BrF2N2O. The van der Waals surface area contributed by atoms with Gasteiger partial charge >= 0.3 is 0 Å². The van der Waals surface area contributed by atoms with E-state index in [2.05, 4.69) is 15.9 Å². The van der Waals surface area contributed by atoms with Crippen LogP contribution < -0.4 is 0 Å². The Kier molecular flexibility index (Phi) is 3.08. The molecule has 20 heavy (non-hydrogen) atoms. The van der Waals surface area contributed by atoms with Gasteiger partial charge in [0.1, 0.15) is 0 Å². The number of carbonyl (C=O) groups is 1. The molecule has 1 aromatic heterocycles. The third kappa shape index (κ3) is 2.22. The fourth-order valence-electron chi connectivity index (χ4n) is 2.61. The second-order valence-corrected chi connectivity index (χ2v) is 6.06. The van der Waals surface area contributed by atoms with Crippen LogP contribution in [0.25, 0.3) is 10.9 Å². The molecule has 0 aliphatic carbocycles. The maximum absolute atomic E-state index is 13.2. The Morgan fingerprint density at radius 2 is 2.15 bits per heavy atom. The highest BCUT2D eigenvalue weighted by Gasteiger charge is 2.40. The minimum absolute atomic E-state index is 0.110. The predicted octanol–water partition coefficient (Wildman–Crippen LogP) is 3.42. The third-order valence-electron chi connectivity index (χ3n) is 3.64. The molecule has 6 heteroatoms. The van der Waals surface area contributed by atoms with Crippen molar-refractivity contribution in [2.75, 3.05) is 13.1 Å². The van der Waals surface area contributed by atoms with E-state index < -0.39 is 12.5 Å². The van der Waals surface area contributed by atoms with Gasteiger partial charge in [0.15, 0.2) is 0 Å². The topological polar surface area (TPSA) is 25.2 Å². The number of nitrogens with zero attached hydrogens (tertiary/aromatic N) is 2. The first-order valence-electron chi connectivity index (χ1n) is 6.29. The maximum Gasteiger partial charge on any atom is 0.267 e. The largest absolute Gasteiger partial charge is 0.350 e. The zero-order valence-corrected chi connectivity index (χ0v) is 12.5. The number of carbonyl (C=O) groups excluding carboxylic acids is 1.